The summed E-state index contributed by atoms with van der Waals surface area (Å²) in [6.07, 6.45) is 6.32. The Bertz CT molecular complexity index is 467. The largest absolute Gasteiger partial charge is 0.383 e. The Hall–Kier alpha value is -1.69. The van der Waals surface area contributed by atoms with Gasteiger partial charge in [-0.25, -0.2) is 9.97 Å². The van der Waals surface area contributed by atoms with E-state index in [1.54, 1.807) is 19.4 Å². The van der Waals surface area contributed by atoms with Crippen LogP contribution in [0.25, 0.3) is 0 Å². The number of nitrogens with zero attached hydrogens (tertiary/aromatic N) is 3. The van der Waals surface area contributed by atoms with Crippen LogP contribution in [0.5, 0.6) is 0 Å². The summed E-state index contributed by atoms with van der Waals surface area (Å²) in [6, 6.07) is 2.13. The van der Waals surface area contributed by atoms with Crippen LogP contribution in [-0.4, -0.2) is 48.7 Å². The number of aromatic nitrogens is 2. The fourth-order valence-corrected chi connectivity index (χ4v) is 2.66. The van der Waals surface area contributed by atoms with Crippen LogP contribution in [0, 0.1) is 0 Å². The first-order valence-corrected chi connectivity index (χ1v) is 7.63. The van der Waals surface area contributed by atoms with Crippen LogP contribution in [-0.2, 0) is 4.74 Å². The summed E-state index contributed by atoms with van der Waals surface area (Å²) in [5.41, 5.74) is 0.413. The number of hydrogen-bond donors (Lipinski definition) is 1. The lowest BCUT2D eigenvalue weighted by molar-refractivity contribution is 0.0932. The quantitative estimate of drug-likeness (QED) is 0.807. The van der Waals surface area contributed by atoms with Crippen LogP contribution in [0.2, 0.25) is 0 Å². The van der Waals surface area contributed by atoms with Gasteiger partial charge in [0.25, 0.3) is 5.91 Å². The van der Waals surface area contributed by atoms with Crippen LogP contribution in [0.1, 0.15) is 43.1 Å². The lowest BCUT2D eigenvalue weighted by atomic mass is 10.0. The predicted octanol–water partition coefficient (Wildman–Crippen LogP) is 1.62. The average molecular weight is 292 g/mol. The van der Waals surface area contributed by atoms with E-state index in [4.69, 9.17) is 4.74 Å². The van der Waals surface area contributed by atoms with E-state index in [9.17, 15) is 4.79 Å². The van der Waals surface area contributed by atoms with Gasteiger partial charge < -0.3 is 15.0 Å². The third-order valence-corrected chi connectivity index (χ3v) is 3.82. The summed E-state index contributed by atoms with van der Waals surface area (Å²) in [7, 11) is 1.61. The topological polar surface area (TPSA) is 67.4 Å². The van der Waals surface area contributed by atoms with Crippen molar-refractivity contribution in [2.24, 2.45) is 0 Å². The van der Waals surface area contributed by atoms with Gasteiger partial charge in [0.2, 0.25) is 5.95 Å². The zero-order chi connectivity index (χ0) is 15.1. The molecular formula is C15H24N4O2. The molecule has 6 heteroatoms. The van der Waals surface area contributed by atoms with Gasteiger partial charge in [-0.05, 0) is 31.7 Å². The molecule has 1 aliphatic rings. The van der Waals surface area contributed by atoms with Gasteiger partial charge in [0.1, 0.15) is 5.69 Å². The third-order valence-electron chi connectivity index (χ3n) is 3.82. The first kappa shape index (κ1) is 15.7. The zero-order valence-corrected chi connectivity index (χ0v) is 12.8. The van der Waals surface area contributed by atoms with Crippen molar-refractivity contribution < 1.29 is 9.53 Å². The summed E-state index contributed by atoms with van der Waals surface area (Å²) in [6.45, 7) is 4.13. The lowest BCUT2D eigenvalue weighted by Crippen LogP contribution is -2.40. The number of carbonyl (C=O) groups excluding carboxylic acids is 1. The molecule has 1 amide bonds. The second-order valence-corrected chi connectivity index (χ2v) is 5.24. The molecule has 0 aliphatic carbocycles. The van der Waals surface area contributed by atoms with Crippen LogP contribution in [0.15, 0.2) is 12.3 Å². The summed E-state index contributed by atoms with van der Waals surface area (Å²) in [4.78, 5) is 23.0. The molecule has 0 saturated carbocycles. The second-order valence-electron chi connectivity index (χ2n) is 5.24. The van der Waals surface area contributed by atoms with Crippen LogP contribution in [0.4, 0.5) is 5.95 Å². The number of nitrogens with one attached hydrogen (secondary N) is 1. The maximum absolute atomic E-state index is 12.0. The summed E-state index contributed by atoms with van der Waals surface area (Å²) >= 11 is 0. The van der Waals surface area contributed by atoms with Crippen molar-refractivity contribution in [3.8, 4) is 0 Å². The van der Waals surface area contributed by atoms with Crippen molar-refractivity contribution in [3.05, 3.63) is 18.0 Å². The molecule has 0 bridgehead atoms. The summed E-state index contributed by atoms with van der Waals surface area (Å²) < 4.78 is 4.92. The number of amides is 1. The van der Waals surface area contributed by atoms with Crippen molar-refractivity contribution in [3.63, 3.8) is 0 Å². The molecule has 1 aliphatic heterocycles. The fraction of sp³-hybridized carbons (Fsp3) is 0.667. The molecular weight excluding hydrogens is 268 g/mol. The van der Waals surface area contributed by atoms with Crippen molar-refractivity contribution >= 4 is 11.9 Å². The zero-order valence-electron chi connectivity index (χ0n) is 12.8. The highest BCUT2D eigenvalue weighted by molar-refractivity contribution is 5.92. The van der Waals surface area contributed by atoms with Crippen molar-refractivity contribution in [1.29, 1.82) is 0 Å². The van der Waals surface area contributed by atoms with Gasteiger partial charge in [0.05, 0.1) is 6.61 Å². The number of ether oxygens (including phenoxy) is 1. The average Bonchev–Trinajstić information content (AvgIpc) is 2.55. The smallest absolute Gasteiger partial charge is 0.270 e. The second kappa shape index (κ2) is 7.93. The van der Waals surface area contributed by atoms with E-state index in [2.05, 4.69) is 27.1 Å². The highest BCUT2D eigenvalue weighted by atomic mass is 16.5. The van der Waals surface area contributed by atoms with Crippen molar-refractivity contribution in [2.75, 3.05) is 31.7 Å². The predicted molar refractivity (Wildman–Crippen MR) is 81.5 cm³/mol. The first-order chi connectivity index (χ1) is 10.3. The monoisotopic (exact) mass is 292 g/mol. The molecule has 0 radical (unpaired) electrons. The van der Waals surface area contributed by atoms with Gasteiger partial charge in [0, 0.05) is 32.4 Å². The van der Waals surface area contributed by atoms with E-state index < -0.39 is 0 Å². The van der Waals surface area contributed by atoms with E-state index in [0.29, 0.717) is 30.8 Å². The molecule has 6 nitrogen and oxygen atoms in total. The molecule has 0 aromatic carbocycles. The molecule has 1 unspecified atom stereocenters. The molecule has 2 heterocycles. The van der Waals surface area contributed by atoms with Gasteiger partial charge in [0.15, 0.2) is 0 Å². The van der Waals surface area contributed by atoms with E-state index in [-0.39, 0.29) is 5.91 Å². The molecule has 1 atom stereocenters. The minimum atomic E-state index is -0.180. The van der Waals surface area contributed by atoms with Gasteiger partial charge >= 0.3 is 0 Å². The van der Waals surface area contributed by atoms with Crippen molar-refractivity contribution in [1.82, 2.24) is 15.3 Å². The van der Waals surface area contributed by atoms with Crippen LogP contribution >= 0.6 is 0 Å². The Morgan fingerprint density at radius 2 is 2.38 bits per heavy atom. The van der Waals surface area contributed by atoms with Crippen LogP contribution in [0.3, 0.4) is 0 Å². The van der Waals surface area contributed by atoms with Gasteiger partial charge in [-0.3, -0.25) is 4.79 Å². The Morgan fingerprint density at radius 1 is 1.52 bits per heavy atom. The molecule has 0 spiro atoms. The number of rotatable bonds is 6. The number of anilines is 1. The maximum atomic E-state index is 12.0. The Labute approximate surface area is 125 Å². The maximum Gasteiger partial charge on any atom is 0.270 e. The van der Waals surface area contributed by atoms with Gasteiger partial charge in [-0.1, -0.05) is 6.92 Å². The Kier molecular flexibility index (Phi) is 5.92. The number of methoxy groups -OCH3 is 1. The van der Waals surface area contributed by atoms with Gasteiger partial charge in [-0.15, -0.1) is 0 Å². The molecule has 1 fully saturated rings. The highest BCUT2D eigenvalue weighted by Gasteiger charge is 2.23. The van der Waals surface area contributed by atoms with Gasteiger partial charge in [-0.2, -0.15) is 0 Å². The minimum absolute atomic E-state index is 0.180. The highest BCUT2D eigenvalue weighted by Crippen LogP contribution is 2.23. The molecule has 1 N–H and O–H groups in total. The molecule has 1 saturated heterocycles. The normalized spacial score (nSPS) is 18.6. The Morgan fingerprint density at radius 3 is 3.14 bits per heavy atom. The van der Waals surface area contributed by atoms with Crippen LogP contribution < -0.4 is 10.2 Å². The molecule has 1 aromatic heterocycles. The Balaban J connectivity index is 2.07. The van der Waals surface area contributed by atoms with E-state index in [1.807, 2.05) is 0 Å². The number of carbonyl (C=O) groups is 1. The first-order valence-electron chi connectivity index (χ1n) is 7.63. The standard InChI is InChI=1S/C15H24N4O2/c1-3-12-6-4-5-10-19(12)15-17-8-7-13(18-15)14(20)16-9-11-21-2/h7-8,12H,3-6,9-11H2,1-2H3,(H,16,20). The SMILES string of the molecule is CCC1CCCCN1c1nccc(C(=O)NCCOC)n1. The molecule has 1 aromatic rings. The molecule has 116 valence electrons. The third kappa shape index (κ3) is 4.14. The number of hydrogen-bond acceptors (Lipinski definition) is 5. The molecule has 21 heavy (non-hydrogen) atoms. The van der Waals surface area contributed by atoms with E-state index in [0.717, 1.165) is 19.4 Å². The van der Waals surface area contributed by atoms with Crippen molar-refractivity contribution in [2.45, 2.75) is 38.6 Å². The number of piperidine rings is 1. The minimum Gasteiger partial charge on any atom is -0.383 e. The summed E-state index contributed by atoms with van der Waals surface area (Å²) in [5, 5.41) is 2.78. The van der Waals surface area contributed by atoms with E-state index in [1.165, 1.54) is 12.8 Å². The molecule has 2 rings (SSSR count). The lowest BCUT2D eigenvalue weighted by Gasteiger charge is -2.35. The fourth-order valence-electron chi connectivity index (χ4n) is 2.66. The van der Waals surface area contributed by atoms with E-state index >= 15 is 0 Å². The summed E-state index contributed by atoms with van der Waals surface area (Å²) in [5.74, 6) is 0.488.